The maximum absolute atomic E-state index is 11.5. The Bertz CT molecular complexity index is 303. The number of hydrogen-bond donors (Lipinski definition) is 1. The fraction of sp³-hybridized carbons (Fsp3) is 0.600. The lowest BCUT2D eigenvalue weighted by Gasteiger charge is -2.28. The molecule has 0 aromatic carbocycles. The lowest BCUT2D eigenvalue weighted by Crippen LogP contribution is -2.50. The van der Waals surface area contributed by atoms with Gasteiger partial charge in [-0.15, -0.1) is 0 Å². The smallest absolute Gasteiger partial charge is 0.234 e. The lowest BCUT2D eigenvalue weighted by molar-refractivity contribution is -0.136. The third-order valence-corrected chi connectivity index (χ3v) is 3.34. The first kappa shape index (κ1) is 7.30. The van der Waals surface area contributed by atoms with E-state index in [1.165, 1.54) is 0 Å². The molecule has 0 spiro atoms. The molecule has 0 aromatic heterocycles. The van der Waals surface area contributed by atoms with Crippen molar-refractivity contribution in [3.63, 3.8) is 0 Å². The zero-order valence-electron chi connectivity index (χ0n) is 7.19. The number of amides is 1. The van der Waals surface area contributed by atoms with E-state index in [0.29, 0.717) is 18.3 Å². The normalized spacial score (nSPS) is 46.5. The first-order chi connectivity index (χ1) is 6.25. The zero-order chi connectivity index (χ0) is 9.00. The minimum absolute atomic E-state index is 0.0929. The van der Waals surface area contributed by atoms with Gasteiger partial charge in [-0.3, -0.25) is 9.59 Å². The average molecular weight is 177 g/mol. The molecule has 2 aliphatic heterocycles. The van der Waals surface area contributed by atoms with Crippen molar-refractivity contribution in [3.8, 4) is 0 Å². The molecular weight excluding hydrogens is 166 g/mol. The Hall–Kier alpha value is -1.12. The summed E-state index contributed by atoms with van der Waals surface area (Å²) in [5, 5.41) is 2.93. The van der Waals surface area contributed by atoms with Crippen molar-refractivity contribution in [2.45, 2.75) is 18.9 Å². The first-order valence-electron chi connectivity index (χ1n) is 4.77. The van der Waals surface area contributed by atoms with E-state index in [9.17, 15) is 9.59 Å². The van der Waals surface area contributed by atoms with Gasteiger partial charge in [-0.2, -0.15) is 0 Å². The highest BCUT2D eigenvalue weighted by Crippen LogP contribution is 2.46. The van der Waals surface area contributed by atoms with Crippen LogP contribution in [0.3, 0.4) is 0 Å². The molecule has 2 heterocycles. The zero-order valence-corrected chi connectivity index (χ0v) is 7.19. The molecule has 3 heteroatoms. The SMILES string of the molecule is O=C1C[C@H]2NC(=O)[C@@H]1C=C[C@@H]1C[C@@H]12. The molecule has 1 saturated carbocycles. The van der Waals surface area contributed by atoms with Crippen molar-refractivity contribution < 1.29 is 9.59 Å². The van der Waals surface area contributed by atoms with Gasteiger partial charge >= 0.3 is 0 Å². The van der Waals surface area contributed by atoms with Gasteiger partial charge in [0.2, 0.25) is 5.91 Å². The van der Waals surface area contributed by atoms with E-state index in [4.69, 9.17) is 0 Å². The van der Waals surface area contributed by atoms with E-state index >= 15 is 0 Å². The third kappa shape index (κ3) is 0.961. The molecule has 4 atom stereocenters. The van der Waals surface area contributed by atoms with E-state index in [-0.39, 0.29) is 17.7 Å². The molecule has 1 N–H and O–H groups in total. The van der Waals surface area contributed by atoms with Crippen LogP contribution in [0.5, 0.6) is 0 Å². The molecule has 2 bridgehead atoms. The Kier molecular flexibility index (Phi) is 1.25. The Balaban J connectivity index is 2.02. The molecule has 0 aromatic rings. The Labute approximate surface area is 76.2 Å². The molecule has 1 amide bonds. The molecule has 2 aliphatic carbocycles. The average Bonchev–Trinajstić information content (AvgIpc) is 2.78. The summed E-state index contributed by atoms with van der Waals surface area (Å²) in [5.41, 5.74) is 0. The predicted octanol–water partition coefficient (Wildman–Crippen LogP) is 0.266. The van der Waals surface area contributed by atoms with Gasteiger partial charge in [0.1, 0.15) is 5.92 Å². The van der Waals surface area contributed by atoms with Crippen molar-refractivity contribution >= 4 is 11.7 Å². The summed E-state index contributed by atoms with van der Waals surface area (Å²) in [6, 6.07) is 0.131. The van der Waals surface area contributed by atoms with E-state index < -0.39 is 5.92 Å². The number of rotatable bonds is 0. The number of carbonyl (C=O) groups is 2. The number of nitrogens with one attached hydrogen (secondary N) is 1. The molecule has 1 saturated heterocycles. The number of hydrogen-bond acceptors (Lipinski definition) is 2. The van der Waals surface area contributed by atoms with Crippen molar-refractivity contribution in [1.29, 1.82) is 0 Å². The van der Waals surface area contributed by atoms with Crippen LogP contribution in [0, 0.1) is 17.8 Å². The van der Waals surface area contributed by atoms with E-state index in [1.54, 1.807) is 6.08 Å². The topological polar surface area (TPSA) is 46.2 Å². The Morgan fingerprint density at radius 1 is 1.31 bits per heavy atom. The van der Waals surface area contributed by atoms with Crippen LogP contribution in [0.2, 0.25) is 0 Å². The summed E-state index contributed by atoms with van der Waals surface area (Å²) < 4.78 is 0. The Morgan fingerprint density at radius 3 is 2.92 bits per heavy atom. The molecule has 4 rings (SSSR count). The summed E-state index contributed by atoms with van der Waals surface area (Å²) >= 11 is 0. The number of carbonyl (C=O) groups excluding carboxylic acids is 2. The van der Waals surface area contributed by atoms with Crippen molar-refractivity contribution in [2.24, 2.45) is 17.8 Å². The van der Waals surface area contributed by atoms with Crippen molar-refractivity contribution in [3.05, 3.63) is 12.2 Å². The molecule has 0 unspecified atom stereocenters. The minimum atomic E-state index is -0.488. The molecule has 4 aliphatic rings. The monoisotopic (exact) mass is 177 g/mol. The fourth-order valence-electron chi connectivity index (χ4n) is 2.44. The maximum atomic E-state index is 11.5. The molecule has 68 valence electrons. The highest BCUT2D eigenvalue weighted by Gasteiger charge is 2.48. The largest absolute Gasteiger partial charge is 0.352 e. The third-order valence-electron chi connectivity index (χ3n) is 3.34. The summed E-state index contributed by atoms with van der Waals surface area (Å²) in [6.45, 7) is 0. The second kappa shape index (κ2) is 2.22. The summed E-state index contributed by atoms with van der Waals surface area (Å²) in [4.78, 5) is 22.9. The van der Waals surface area contributed by atoms with Gasteiger partial charge in [0.25, 0.3) is 0 Å². The fourth-order valence-corrected chi connectivity index (χ4v) is 2.44. The van der Waals surface area contributed by atoms with Crippen LogP contribution in [0.1, 0.15) is 12.8 Å². The van der Waals surface area contributed by atoms with Gasteiger partial charge in [-0.25, -0.2) is 0 Å². The van der Waals surface area contributed by atoms with Crippen LogP contribution in [0.15, 0.2) is 12.2 Å². The molecular formula is C10H11NO2. The van der Waals surface area contributed by atoms with E-state index in [0.717, 1.165) is 6.42 Å². The number of fused-ring (bicyclic) bond motifs is 2. The van der Waals surface area contributed by atoms with Gasteiger partial charge in [-0.05, 0) is 18.3 Å². The van der Waals surface area contributed by atoms with Crippen molar-refractivity contribution in [2.75, 3.05) is 0 Å². The van der Waals surface area contributed by atoms with Crippen LogP contribution in [-0.4, -0.2) is 17.7 Å². The van der Waals surface area contributed by atoms with Gasteiger partial charge in [0, 0.05) is 12.5 Å². The maximum Gasteiger partial charge on any atom is 0.234 e. The summed E-state index contributed by atoms with van der Waals surface area (Å²) in [6.07, 6.45) is 5.53. The van der Waals surface area contributed by atoms with Gasteiger partial charge < -0.3 is 5.32 Å². The van der Waals surface area contributed by atoms with Crippen LogP contribution in [-0.2, 0) is 9.59 Å². The number of ketones is 1. The number of piperidine rings is 1. The standard InChI is InChI=1S/C10H11NO2/c12-9-4-8-7-3-5(7)1-2-6(9)10(13)11-8/h1-2,5-8H,3-4H2,(H,11,13)/t5-,6-,7+,8-/m1/s1. The minimum Gasteiger partial charge on any atom is -0.352 e. The van der Waals surface area contributed by atoms with Crippen LogP contribution >= 0.6 is 0 Å². The second-order valence-corrected chi connectivity index (χ2v) is 4.21. The second-order valence-electron chi connectivity index (χ2n) is 4.21. The van der Waals surface area contributed by atoms with Gasteiger partial charge in [0.15, 0.2) is 5.78 Å². The molecule has 2 fully saturated rings. The lowest BCUT2D eigenvalue weighted by atomic mass is 9.87. The number of allylic oxidation sites excluding steroid dienone is 1. The van der Waals surface area contributed by atoms with Gasteiger partial charge in [0.05, 0.1) is 0 Å². The summed E-state index contributed by atoms with van der Waals surface area (Å²) in [5.74, 6) is 0.669. The Morgan fingerprint density at radius 2 is 2.15 bits per heavy atom. The highest BCUT2D eigenvalue weighted by molar-refractivity contribution is 6.05. The quantitative estimate of drug-likeness (QED) is 0.426. The highest BCUT2D eigenvalue weighted by atomic mass is 16.2. The molecule has 3 nitrogen and oxygen atoms in total. The van der Waals surface area contributed by atoms with Crippen LogP contribution in [0.25, 0.3) is 0 Å². The first-order valence-corrected chi connectivity index (χ1v) is 4.77. The van der Waals surface area contributed by atoms with E-state index in [2.05, 4.69) is 11.4 Å². The van der Waals surface area contributed by atoms with Gasteiger partial charge in [-0.1, -0.05) is 12.2 Å². The predicted molar refractivity (Wildman–Crippen MR) is 45.8 cm³/mol. The summed E-state index contributed by atoms with van der Waals surface area (Å²) in [7, 11) is 0. The van der Waals surface area contributed by atoms with Crippen molar-refractivity contribution in [1.82, 2.24) is 5.32 Å². The van der Waals surface area contributed by atoms with Crippen LogP contribution < -0.4 is 5.32 Å². The number of Topliss-reactive ketones (excluding diaryl/α,β-unsaturated/α-hetero) is 1. The van der Waals surface area contributed by atoms with E-state index in [1.807, 2.05) is 0 Å². The van der Waals surface area contributed by atoms with Crippen LogP contribution in [0.4, 0.5) is 0 Å². The molecule has 13 heavy (non-hydrogen) atoms. The molecule has 0 radical (unpaired) electrons.